The molecule has 0 aliphatic heterocycles. The minimum atomic E-state index is -0.141. The lowest BCUT2D eigenvalue weighted by Gasteiger charge is -2.02. The molecule has 100 valence electrons. The first-order valence-corrected chi connectivity index (χ1v) is 7.21. The minimum absolute atomic E-state index is 0.141. The lowest BCUT2D eigenvalue weighted by Crippen LogP contribution is -2.24. The van der Waals surface area contributed by atoms with Gasteiger partial charge in [0.05, 0.1) is 0 Å². The highest BCUT2D eigenvalue weighted by atomic mass is 35.5. The highest BCUT2D eigenvalue weighted by Crippen LogP contribution is 2.22. The Bertz CT molecular complexity index is 571. The summed E-state index contributed by atoms with van der Waals surface area (Å²) in [5.74, 6) is -0.141. The molecular formula is C13H14ClN3OS. The van der Waals surface area contributed by atoms with E-state index in [0.29, 0.717) is 22.4 Å². The summed E-state index contributed by atoms with van der Waals surface area (Å²) in [6.07, 6.45) is 0.906. The SMILES string of the molecule is CCCNC(=O)c1csc(Nc2cccc(Cl)c2)n1. The van der Waals surface area contributed by atoms with E-state index in [1.807, 2.05) is 19.1 Å². The van der Waals surface area contributed by atoms with Gasteiger partial charge >= 0.3 is 0 Å². The Labute approximate surface area is 120 Å². The van der Waals surface area contributed by atoms with Crippen LogP contribution in [-0.2, 0) is 0 Å². The molecule has 6 heteroatoms. The third-order valence-corrected chi connectivity index (χ3v) is 3.34. The summed E-state index contributed by atoms with van der Waals surface area (Å²) < 4.78 is 0. The molecular weight excluding hydrogens is 282 g/mol. The monoisotopic (exact) mass is 295 g/mol. The first-order valence-electron chi connectivity index (χ1n) is 5.95. The summed E-state index contributed by atoms with van der Waals surface area (Å²) in [4.78, 5) is 15.9. The average molecular weight is 296 g/mol. The van der Waals surface area contributed by atoms with Crippen LogP contribution in [0.5, 0.6) is 0 Å². The van der Waals surface area contributed by atoms with Gasteiger partial charge in [-0.3, -0.25) is 4.79 Å². The molecule has 1 amide bonds. The van der Waals surface area contributed by atoms with Gasteiger partial charge in [0, 0.05) is 22.6 Å². The van der Waals surface area contributed by atoms with Gasteiger partial charge in [-0.2, -0.15) is 0 Å². The molecule has 2 aromatic rings. The molecule has 19 heavy (non-hydrogen) atoms. The number of nitrogens with one attached hydrogen (secondary N) is 2. The van der Waals surface area contributed by atoms with E-state index in [2.05, 4.69) is 15.6 Å². The second-order valence-corrected chi connectivity index (χ2v) is 5.22. The number of amides is 1. The van der Waals surface area contributed by atoms with Gasteiger partial charge in [0.1, 0.15) is 5.69 Å². The van der Waals surface area contributed by atoms with E-state index in [0.717, 1.165) is 12.1 Å². The molecule has 0 saturated heterocycles. The molecule has 0 spiro atoms. The van der Waals surface area contributed by atoms with Gasteiger partial charge in [-0.15, -0.1) is 11.3 Å². The maximum absolute atomic E-state index is 11.7. The molecule has 0 unspecified atom stereocenters. The Morgan fingerprint density at radius 2 is 2.32 bits per heavy atom. The van der Waals surface area contributed by atoms with E-state index in [1.54, 1.807) is 17.5 Å². The fraction of sp³-hybridized carbons (Fsp3) is 0.231. The highest BCUT2D eigenvalue weighted by Gasteiger charge is 2.09. The van der Waals surface area contributed by atoms with Crippen LogP contribution < -0.4 is 10.6 Å². The van der Waals surface area contributed by atoms with Gasteiger partial charge in [0.15, 0.2) is 5.13 Å². The molecule has 4 nitrogen and oxygen atoms in total. The van der Waals surface area contributed by atoms with Gasteiger partial charge in [0.25, 0.3) is 5.91 Å². The number of anilines is 2. The summed E-state index contributed by atoms with van der Waals surface area (Å²) >= 11 is 7.29. The van der Waals surface area contributed by atoms with Crippen LogP contribution in [0, 0.1) is 0 Å². The normalized spacial score (nSPS) is 10.2. The summed E-state index contributed by atoms with van der Waals surface area (Å²) in [6.45, 7) is 2.67. The van der Waals surface area contributed by atoms with E-state index in [9.17, 15) is 4.79 Å². The molecule has 0 radical (unpaired) electrons. The first kappa shape index (κ1) is 13.8. The van der Waals surface area contributed by atoms with Crippen LogP contribution in [-0.4, -0.2) is 17.4 Å². The number of thiazole rings is 1. The number of carbonyl (C=O) groups is 1. The van der Waals surface area contributed by atoms with Crippen molar-refractivity contribution in [3.8, 4) is 0 Å². The first-order chi connectivity index (χ1) is 9.19. The molecule has 0 aliphatic rings. The van der Waals surface area contributed by atoms with Gasteiger partial charge in [-0.1, -0.05) is 24.6 Å². The number of carbonyl (C=O) groups excluding carboxylic acids is 1. The largest absolute Gasteiger partial charge is 0.351 e. The molecule has 1 aromatic carbocycles. The molecule has 0 bridgehead atoms. The summed E-state index contributed by atoms with van der Waals surface area (Å²) in [5, 5.41) is 8.97. The second-order valence-electron chi connectivity index (χ2n) is 3.93. The van der Waals surface area contributed by atoms with Crippen LogP contribution >= 0.6 is 22.9 Å². The van der Waals surface area contributed by atoms with Crippen LogP contribution in [0.2, 0.25) is 5.02 Å². The molecule has 1 aromatic heterocycles. The van der Waals surface area contributed by atoms with E-state index in [1.165, 1.54) is 11.3 Å². The molecule has 0 atom stereocenters. The number of rotatable bonds is 5. The Morgan fingerprint density at radius 3 is 3.05 bits per heavy atom. The zero-order valence-corrected chi connectivity index (χ0v) is 12.0. The molecule has 0 fully saturated rings. The Hall–Kier alpha value is -1.59. The maximum Gasteiger partial charge on any atom is 0.270 e. The van der Waals surface area contributed by atoms with Crippen molar-refractivity contribution in [2.24, 2.45) is 0 Å². The Balaban J connectivity index is 2.03. The van der Waals surface area contributed by atoms with Gasteiger partial charge in [0.2, 0.25) is 0 Å². The standard InChI is InChI=1S/C13H14ClN3OS/c1-2-6-15-12(18)11-8-19-13(17-11)16-10-5-3-4-9(14)7-10/h3-5,7-8H,2,6H2,1H3,(H,15,18)(H,16,17). The van der Waals surface area contributed by atoms with E-state index < -0.39 is 0 Å². The van der Waals surface area contributed by atoms with Crippen molar-refractivity contribution >= 4 is 39.7 Å². The zero-order valence-electron chi connectivity index (χ0n) is 10.4. The highest BCUT2D eigenvalue weighted by molar-refractivity contribution is 7.14. The van der Waals surface area contributed by atoms with E-state index in [-0.39, 0.29) is 5.91 Å². The lowest BCUT2D eigenvalue weighted by molar-refractivity contribution is 0.0949. The second kappa shape index (κ2) is 6.54. The van der Waals surface area contributed by atoms with E-state index >= 15 is 0 Å². The van der Waals surface area contributed by atoms with Crippen molar-refractivity contribution in [3.05, 3.63) is 40.4 Å². The number of hydrogen-bond donors (Lipinski definition) is 2. The summed E-state index contributed by atoms with van der Waals surface area (Å²) in [6, 6.07) is 7.36. The van der Waals surface area contributed by atoms with Crippen molar-refractivity contribution in [3.63, 3.8) is 0 Å². The Kier molecular flexibility index (Phi) is 4.76. The third kappa shape index (κ3) is 3.94. The number of halogens is 1. The fourth-order valence-corrected chi connectivity index (χ4v) is 2.36. The van der Waals surface area contributed by atoms with Crippen molar-refractivity contribution < 1.29 is 4.79 Å². The van der Waals surface area contributed by atoms with Gasteiger partial charge in [-0.25, -0.2) is 4.98 Å². The van der Waals surface area contributed by atoms with Crippen molar-refractivity contribution in [2.45, 2.75) is 13.3 Å². The predicted octanol–water partition coefficient (Wildman–Crippen LogP) is 3.68. The molecule has 2 rings (SSSR count). The van der Waals surface area contributed by atoms with Crippen molar-refractivity contribution in [2.75, 3.05) is 11.9 Å². The zero-order chi connectivity index (χ0) is 13.7. The van der Waals surface area contributed by atoms with E-state index in [4.69, 9.17) is 11.6 Å². The number of aromatic nitrogens is 1. The molecule has 2 N–H and O–H groups in total. The summed E-state index contributed by atoms with van der Waals surface area (Å²) in [5.41, 5.74) is 1.28. The van der Waals surface area contributed by atoms with Crippen LogP contribution in [0.1, 0.15) is 23.8 Å². The summed E-state index contributed by atoms with van der Waals surface area (Å²) in [7, 11) is 0. The fourth-order valence-electron chi connectivity index (χ4n) is 1.45. The molecule has 0 aliphatic carbocycles. The minimum Gasteiger partial charge on any atom is -0.351 e. The smallest absolute Gasteiger partial charge is 0.270 e. The number of benzene rings is 1. The maximum atomic E-state index is 11.7. The topological polar surface area (TPSA) is 54.0 Å². The van der Waals surface area contributed by atoms with Crippen LogP contribution in [0.4, 0.5) is 10.8 Å². The van der Waals surface area contributed by atoms with Crippen molar-refractivity contribution in [1.82, 2.24) is 10.3 Å². The third-order valence-electron chi connectivity index (χ3n) is 2.35. The Morgan fingerprint density at radius 1 is 1.47 bits per heavy atom. The van der Waals surface area contributed by atoms with Crippen LogP contribution in [0.15, 0.2) is 29.6 Å². The molecule has 1 heterocycles. The lowest BCUT2D eigenvalue weighted by atomic mass is 10.3. The quantitative estimate of drug-likeness (QED) is 0.885. The average Bonchev–Trinajstić information content (AvgIpc) is 2.84. The van der Waals surface area contributed by atoms with Crippen LogP contribution in [0.25, 0.3) is 0 Å². The number of hydrogen-bond acceptors (Lipinski definition) is 4. The molecule has 0 saturated carbocycles. The van der Waals surface area contributed by atoms with Crippen LogP contribution in [0.3, 0.4) is 0 Å². The van der Waals surface area contributed by atoms with Crippen molar-refractivity contribution in [1.29, 1.82) is 0 Å². The predicted molar refractivity (Wildman–Crippen MR) is 79.5 cm³/mol. The van der Waals surface area contributed by atoms with Gasteiger partial charge < -0.3 is 10.6 Å². The van der Waals surface area contributed by atoms with Gasteiger partial charge in [-0.05, 0) is 24.6 Å². The number of nitrogens with zero attached hydrogens (tertiary/aromatic N) is 1.